The van der Waals surface area contributed by atoms with Crippen LogP contribution in [0.15, 0.2) is 70.2 Å². The van der Waals surface area contributed by atoms with Crippen molar-refractivity contribution in [3.63, 3.8) is 0 Å². The van der Waals surface area contributed by atoms with Gasteiger partial charge >= 0.3 is 0 Å². The fourth-order valence-corrected chi connectivity index (χ4v) is 5.61. The predicted molar refractivity (Wildman–Crippen MR) is 161 cm³/mol. The molecule has 0 saturated carbocycles. The van der Waals surface area contributed by atoms with Crippen molar-refractivity contribution in [3.05, 3.63) is 72.1 Å². The number of hydrogen-bond acceptors (Lipinski definition) is 6. The lowest BCUT2D eigenvalue weighted by Gasteiger charge is -2.25. The number of aromatic nitrogens is 1. The second-order valence-corrected chi connectivity index (χ2v) is 10.9. The number of pyridine rings is 1. The summed E-state index contributed by atoms with van der Waals surface area (Å²) in [5.41, 5.74) is 2.59. The highest BCUT2D eigenvalue weighted by molar-refractivity contribution is 6.11. The number of hydrogen-bond donors (Lipinski definition) is 2. The maximum atomic E-state index is 13.6. The number of aryl methyl sites for hydroxylation is 1. The minimum Gasteiger partial charge on any atom is -0.461 e. The van der Waals surface area contributed by atoms with Gasteiger partial charge in [-0.25, -0.2) is 4.99 Å². The van der Waals surface area contributed by atoms with Crippen LogP contribution in [0, 0.1) is 6.92 Å². The van der Waals surface area contributed by atoms with E-state index in [0.717, 1.165) is 66.4 Å². The van der Waals surface area contributed by atoms with Crippen LogP contribution in [0.1, 0.15) is 48.2 Å². The molecule has 2 saturated heterocycles. The van der Waals surface area contributed by atoms with Crippen LogP contribution >= 0.6 is 0 Å². The van der Waals surface area contributed by atoms with E-state index >= 15 is 0 Å². The lowest BCUT2D eigenvalue weighted by Crippen LogP contribution is -2.45. The van der Waals surface area contributed by atoms with E-state index in [9.17, 15) is 14.4 Å². The molecule has 2 aliphatic rings. The van der Waals surface area contributed by atoms with Crippen molar-refractivity contribution in [1.29, 1.82) is 0 Å². The maximum Gasteiger partial charge on any atom is 0.259 e. The Balaban J connectivity index is 1.27. The molecule has 2 aromatic heterocycles. The first-order chi connectivity index (χ1) is 20.4. The SMILES string of the molecule is Cc1cc2cc(NC(=N[C@H]3CCCCN(CC(=O)N4CCCC4)C3=O)NC(=O)c3cnc4ccccc4c3)ccc2o1. The summed E-state index contributed by atoms with van der Waals surface area (Å²) in [4.78, 5) is 52.5. The quantitative estimate of drug-likeness (QED) is 0.271. The average molecular weight is 567 g/mol. The minimum atomic E-state index is -0.740. The Bertz CT molecular complexity index is 1670. The Morgan fingerprint density at radius 1 is 1.00 bits per heavy atom. The zero-order chi connectivity index (χ0) is 29.1. The van der Waals surface area contributed by atoms with Crippen LogP contribution in [-0.4, -0.2) is 70.7 Å². The highest BCUT2D eigenvalue weighted by Crippen LogP contribution is 2.23. The Morgan fingerprint density at radius 3 is 2.67 bits per heavy atom. The monoisotopic (exact) mass is 566 g/mol. The molecular formula is C32H34N6O4. The molecule has 10 nitrogen and oxygen atoms in total. The number of nitrogens with one attached hydrogen (secondary N) is 2. The number of carbonyl (C=O) groups is 3. The Kier molecular flexibility index (Phi) is 7.85. The zero-order valence-corrected chi connectivity index (χ0v) is 23.6. The van der Waals surface area contributed by atoms with E-state index in [2.05, 4.69) is 15.6 Å². The third-order valence-corrected chi connectivity index (χ3v) is 7.81. The van der Waals surface area contributed by atoms with Crippen molar-refractivity contribution in [2.45, 2.75) is 45.1 Å². The molecule has 10 heteroatoms. The summed E-state index contributed by atoms with van der Waals surface area (Å²) >= 11 is 0. The number of guanidine groups is 1. The molecule has 4 heterocycles. The van der Waals surface area contributed by atoms with E-state index in [0.29, 0.717) is 24.2 Å². The van der Waals surface area contributed by atoms with Crippen LogP contribution in [0.4, 0.5) is 5.69 Å². The molecular weight excluding hydrogens is 532 g/mol. The first-order valence-corrected chi connectivity index (χ1v) is 14.5. The van der Waals surface area contributed by atoms with Gasteiger partial charge in [0, 0.05) is 42.3 Å². The van der Waals surface area contributed by atoms with Gasteiger partial charge in [-0.1, -0.05) is 18.2 Å². The van der Waals surface area contributed by atoms with Crippen LogP contribution in [0.2, 0.25) is 0 Å². The third kappa shape index (κ3) is 6.12. The van der Waals surface area contributed by atoms with Crippen LogP contribution in [0.3, 0.4) is 0 Å². The number of anilines is 1. The molecule has 0 bridgehead atoms. The van der Waals surface area contributed by atoms with Gasteiger partial charge in [0.1, 0.15) is 17.4 Å². The summed E-state index contributed by atoms with van der Waals surface area (Å²) in [5, 5.41) is 7.84. The third-order valence-electron chi connectivity index (χ3n) is 7.81. The number of rotatable bonds is 5. The van der Waals surface area contributed by atoms with Crippen molar-refractivity contribution in [2.75, 3.05) is 31.5 Å². The molecule has 0 radical (unpaired) electrons. The summed E-state index contributed by atoms with van der Waals surface area (Å²) in [6, 6.07) is 16.1. The van der Waals surface area contributed by atoms with E-state index in [1.54, 1.807) is 11.0 Å². The molecule has 216 valence electrons. The second-order valence-electron chi connectivity index (χ2n) is 10.9. The highest BCUT2D eigenvalue weighted by atomic mass is 16.3. The van der Waals surface area contributed by atoms with Gasteiger partial charge in [0.15, 0.2) is 0 Å². The summed E-state index contributed by atoms with van der Waals surface area (Å²) in [6.45, 7) is 3.94. The van der Waals surface area contributed by atoms with Gasteiger partial charge in [-0.05, 0) is 75.4 Å². The van der Waals surface area contributed by atoms with Crippen molar-refractivity contribution in [1.82, 2.24) is 20.1 Å². The fourth-order valence-electron chi connectivity index (χ4n) is 5.61. The molecule has 0 aliphatic carbocycles. The molecule has 2 fully saturated rings. The molecule has 0 spiro atoms. The first kappa shape index (κ1) is 27.4. The molecule has 6 rings (SSSR count). The van der Waals surface area contributed by atoms with E-state index in [-0.39, 0.29) is 24.3 Å². The van der Waals surface area contributed by atoms with Crippen LogP contribution in [0.5, 0.6) is 0 Å². The van der Waals surface area contributed by atoms with Crippen molar-refractivity contribution >= 4 is 51.2 Å². The molecule has 2 aliphatic heterocycles. The maximum absolute atomic E-state index is 13.6. The smallest absolute Gasteiger partial charge is 0.259 e. The fraction of sp³-hybridized carbons (Fsp3) is 0.344. The predicted octanol–water partition coefficient (Wildman–Crippen LogP) is 4.49. The molecule has 4 aromatic rings. The molecule has 42 heavy (non-hydrogen) atoms. The standard InChI is InChI=1S/C32H34N6O4/c1-21-16-23-18-25(11-12-28(23)42-21)34-32(36-30(40)24-17-22-8-2-3-9-26(22)33-19-24)35-27-10-4-5-15-38(31(27)41)20-29(39)37-13-6-7-14-37/h2-3,8-9,11-12,16-19,27H,4-7,10,13-15,20H2,1H3,(H2,34,35,36,40)/t27-/m0/s1. The van der Waals surface area contributed by atoms with Crippen LogP contribution < -0.4 is 10.6 Å². The second kappa shape index (κ2) is 12.0. The van der Waals surface area contributed by atoms with E-state index < -0.39 is 11.9 Å². The average Bonchev–Trinajstić information content (AvgIpc) is 3.63. The van der Waals surface area contributed by atoms with Gasteiger partial charge in [-0.15, -0.1) is 0 Å². The topological polar surface area (TPSA) is 120 Å². The molecule has 3 amide bonds. The number of nitrogens with zero attached hydrogens (tertiary/aromatic N) is 4. The minimum absolute atomic E-state index is 0.0235. The zero-order valence-electron chi connectivity index (χ0n) is 23.6. The van der Waals surface area contributed by atoms with E-state index in [1.165, 1.54) is 6.20 Å². The number of para-hydroxylation sites is 1. The molecule has 2 aromatic carbocycles. The largest absolute Gasteiger partial charge is 0.461 e. The van der Waals surface area contributed by atoms with Gasteiger partial charge in [0.25, 0.3) is 5.91 Å². The first-order valence-electron chi connectivity index (χ1n) is 14.5. The normalized spacial score (nSPS) is 18.0. The lowest BCUT2D eigenvalue weighted by atomic mass is 10.1. The van der Waals surface area contributed by atoms with Crippen LogP contribution in [0.25, 0.3) is 21.9 Å². The summed E-state index contributed by atoms with van der Waals surface area (Å²) < 4.78 is 5.70. The Hall–Kier alpha value is -4.73. The van der Waals surface area contributed by atoms with E-state index in [4.69, 9.17) is 9.41 Å². The Labute approximate surface area is 243 Å². The van der Waals surface area contributed by atoms with Crippen molar-refractivity contribution < 1.29 is 18.8 Å². The van der Waals surface area contributed by atoms with Gasteiger partial charge < -0.3 is 19.5 Å². The van der Waals surface area contributed by atoms with Gasteiger partial charge in [0.2, 0.25) is 17.8 Å². The highest BCUT2D eigenvalue weighted by Gasteiger charge is 2.30. The number of benzene rings is 2. The summed E-state index contributed by atoms with van der Waals surface area (Å²) in [5.74, 6) is 0.313. The number of furan rings is 1. The van der Waals surface area contributed by atoms with Gasteiger partial charge in [0.05, 0.1) is 17.6 Å². The summed E-state index contributed by atoms with van der Waals surface area (Å²) in [6.07, 6.45) is 5.62. The number of carbonyl (C=O) groups excluding carboxylic acids is 3. The number of aliphatic imine (C=N–C) groups is 1. The van der Waals surface area contributed by atoms with Crippen molar-refractivity contribution in [2.24, 2.45) is 4.99 Å². The van der Waals surface area contributed by atoms with Crippen molar-refractivity contribution in [3.8, 4) is 0 Å². The van der Waals surface area contributed by atoms with Gasteiger partial charge in [-0.3, -0.25) is 24.7 Å². The lowest BCUT2D eigenvalue weighted by molar-refractivity contribution is -0.140. The number of amides is 3. The van der Waals surface area contributed by atoms with Crippen LogP contribution in [-0.2, 0) is 9.59 Å². The molecule has 2 N–H and O–H groups in total. The number of likely N-dealkylation sites (tertiary alicyclic amines) is 2. The van der Waals surface area contributed by atoms with Gasteiger partial charge in [-0.2, -0.15) is 0 Å². The summed E-state index contributed by atoms with van der Waals surface area (Å²) in [7, 11) is 0. The molecule has 0 unspecified atom stereocenters. The molecule has 1 atom stereocenters. The Morgan fingerprint density at radius 2 is 1.81 bits per heavy atom. The van der Waals surface area contributed by atoms with E-state index in [1.807, 2.05) is 60.4 Å². The number of fused-ring (bicyclic) bond motifs is 2.